The zero-order valence-electron chi connectivity index (χ0n) is 9.08. The Bertz CT molecular complexity index is 460. The van der Waals surface area contributed by atoms with E-state index in [9.17, 15) is 18.0 Å². The monoisotopic (exact) mass is 241 g/mol. The van der Waals surface area contributed by atoms with Crippen molar-refractivity contribution < 1.29 is 18.0 Å². The zero-order chi connectivity index (χ0) is 13.1. The maximum atomic E-state index is 12.5. The molecule has 0 fully saturated rings. The van der Waals surface area contributed by atoms with Gasteiger partial charge in [0.2, 0.25) is 0 Å². The van der Waals surface area contributed by atoms with E-state index in [4.69, 9.17) is 5.26 Å². The molecular formula is C12H10F3NO. The van der Waals surface area contributed by atoms with Crippen LogP contribution in [0.25, 0.3) is 0 Å². The molecule has 0 spiro atoms. The molecule has 1 aromatic rings. The highest BCUT2D eigenvalue weighted by molar-refractivity contribution is 5.54. The smallest absolute Gasteiger partial charge is 0.303 e. The first-order valence-electron chi connectivity index (χ1n) is 4.94. The second-order valence-corrected chi connectivity index (χ2v) is 3.81. The number of carbonyl (C=O) groups is 1. The van der Waals surface area contributed by atoms with Crippen LogP contribution in [-0.2, 0) is 17.4 Å². The molecule has 0 heterocycles. The van der Waals surface area contributed by atoms with E-state index in [0.717, 1.165) is 12.4 Å². The van der Waals surface area contributed by atoms with Gasteiger partial charge in [0.1, 0.15) is 6.29 Å². The van der Waals surface area contributed by atoms with Gasteiger partial charge in [-0.2, -0.15) is 18.4 Å². The number of halogens is 3. The number of alkyl halides is 3. The second-order valence-electron chi connectivity index (χ2n) is 3.81. The molecule has 5 heteroatoms. The first kappa shape index (κ1) is 13.2. The van der Waals surface area contributed by atoms with Gasteiger partial charge in [-0.1, -0.05) is 13.0 Å². The molecule has 0 saturated heterocycles. The number of nitriles is 1. The summed E-state index contributed by atoms with van der Waals surface area (Å²) in [5.74, 6) is -0.279. The fourth-order valence-corrected chi connectivity index (χ4v) is 1.48. The molecule has 0 N–H and O–H groups in total. The Labute approximate surface area is 96.7 Å². The van der Waals surface area contributed by atoms with Crippen LogP contribution in [0.5, 0.6) is 0 Å². The van der Waals surface area contributed by atoms with Crippen LogP contribution in [0.15, 0.2) is 18.2 Å². The molecule has 0 bridgehead atoms. The second kappa shape index (κ2) is 5.00. The minimum atomic E-state index is -4.53. The third-order valence-electron chi connectivity index (χ3n) is 2.30. The maximum absolute atomic E-state index is 12.5. The molecule has 17 heavy (non-hydrogen) atoms. The Hall–Kier alpha value is -1.83. The fourth-order valence-electron chi connectivity index (χ4n) is 1.48. The summed E-state index contributed by atoms with van der Waals surface area (Å²) >= 11 is 0. The number of hydrogen-bond donors (Lipinski definition) is 0. The van der Waals surface area contributed by atoms with Gasteiger partial charge < -0.3 is 4.79 Å². The summed E-state index contributed by atoms with van der Waals surface area (Å²) in [4.78, 5) is 10.4. The van der Waals surface area contributed by atoms with Crippen LogP contribution in [0.4, 0.5) is 13.2 Å². The van der Waals surface area contributed by atoms with Crippen molar-refractivity contribution >= 4 is 6.29 Å². The van der Waals surface area contributed by atoms with Gasteiger partial charge in [0.15, 0.2) is 0 Å². The molecule has 0 aliphatic heterocycles. The normalized spacial score (nSPS) is 12.9. The fraction of sp³-hybridized carbons (Fsp3) is 0.333. The zero-order valence-corrected chi connectivity index (χ0v) is 9.08. The van der Waals surface area contributed by atoms with Crippen LogP contribution in [-0.4, -0.2) is 6.29 Å². The predicted molar refractivity (Wildman–Crippen MR) is 55.1 cm³/mol. The highest BCUT2D eigenvalue weighted by Crippen LogP contribution is 2.32. The largest absolute Gasteiger partial charge is 0.417 e. The molecule has 2 nitrogen and oxygen atoms in total. The summed E-state index contributed by atoms with van der Waals surface area (Å²) in [5.41, 5.74) is -0.801. The number of carbonyl (C=O) groups excluding carboxylic acids is 1. The van der Waals surface area contributed by atoms with Crippen molar-refractivity contribution in [3.05, 3.63) is 34.9 Å². The highest BCUT2D eigenvalue weighted by Gasteiger charge is 2.33. The minimum Gasteiger partial charge on any atom is -0.303 e. The van der Waals surface area contributed by atoms with Crippen molar-refractivity contribution in [1.29, 1.82) is 5.26 Å². The topological polar surface area (TPSA) is 40.9 Å². The summed E-state index contributed by atoms with van der Waals surface area (Å²) in [5, 5.41) is 8.68. The number of rotatable bonds is 3. The quantitative estimate of drug-likeness (QED) is 0.763. The summed E-state index contributed by atoms with van der Waals surface area (Å²) in [6.07, 6.45) is -3.47. The van der Waals surface area contributed by atoms with Gasteiger partial charge in [0, 0.05) is 5.92 Å². The lowest BCUT2D eigenvalue weighted by atomic mass is 9.98. The molecule has 0 aliphatic rings. The Morgan fingerprint density at radius 2 is 2.12 bits per heavy atom. The van der Waals surface area contributed by atoms with E-state index in [-0.39, 0.29) is 5.92 Å². The molecule has 1 unspecified atom stereocenters. The van der Waals surface area contributed by atoms with E-state index in [1.807, 2.05) is 0 Å². The Morgan fingerprint density at radius 1 is 1.47 bits per heavy atom. The molecule has 0 saturated carbocycles. The van der Waals surface area contributed by atoms with Gasteiger partial charge in [0.25, 0.3) is 0 Å². The van der Waals surface area contributed by atoms with E-state index in [1.54, 1.807) is 6.92 Å². The lowest BCUT2D eigenvalue weighted by Crippen LogP contribution is -2.09. The molecule has 0 amide bonds. The van der Waals surface area contributed by atoms with Crippen LogP contribution in [0.2, 0.25) is 0 Å². The molecule has 1 aromatic carbocycles. The van der Waals surface area contributed by atoms with E-state index >= 15 is 0 Å². The standard InChI is InChI=1S/C12H10F3NO/c1-8(7-17)4-9-2-3-11(12(13,14)15)10(5-9)6-16/h2-3,5,7-8H,4H2,1H3. The van der Waals surface area contributed by atoms with Gasteiger partial charge in [0.05, 0.1) is 17.2 Å². The van der Waals surface area contributed by atoms with Crippen molar-refractivity contribution in [3.8, 4) is 6.07 Å². The van der Waals surface area contributed by atoms with Crippen molar-refractivity contribution in [2.75, 3.05) is 0 Å². The highest BCUT2D eigenvalue weighted by atomic mass is 19.4. The maximum Gasteiger partial charge on any atom is 0.417 e. The molecule has 90 valence electrons. The van der Waals surface area contributed by atoms with Crippen molar-refractivity contribution in [2.45, 2.75) is 19.5 Å². The van der Waals surface area contributed by atoms with Crippen molar-refractivity contribution in [2.24, 2.45) is 5.92 Å². The Morgan fingerprint density at radius 3 is 2.59 bits per heavy atom. The van der Waals surface area contributed by atoms with Gasteiger partial charge in [-0.25, -0.2) is 0 Å². The Kier molecular flexibility index (Phi) is 3.89. The number of benzene rings is 1. The van der Waals surface area contributed by atoms with Gasteiger partial charge in [-0.3, -0.25) is 0 Å². The summed E-state index contributed by atoms with van der Waals surface area (Å²) in [7, 11) is 0. The lowest BCUT2D eigenvalue weighted by molar-refractivity contribution is -0.137. The van der Waals surface area contributed by atoms with Crippen LogP contribution in [0.1, 0.15) is 23.6 Å². The van der Waals surface area contributed by atoms with E-state index < -0.39 is 17.3 Å². The number of nitrogens with zero attached hydrogens (tertiary/aromatic N) is 1. The Balaban J connectivity index is 3.10. The van der Waals surface area contributed by atoms with Gasteiger partial charge in [-0.05, 0) is 24.1 Å². The first-order valence-corrected chi connectivity index (χ1v) is 4.94. The van der Waals surface area contributed by atoms with Crippen LogP contribution >= 0.6 is 0 Å². The first-order chi connectivity index (χ1) is 7.88. The van der Waals surface area contributed by atoms with Crippen LogP contribution < -0.4 is 0 Å². The van der Waals surface area contributed by atoms with Crippen molar-refractivity contribution in [3.63, 3.8) is 0 Å². The third kappa shape index (κ3) is 3.31. The SMILES string of the molecule is CC(C=O)Cc1ccc(C(F)(F)F)c(C#N)c1. The summed E-state index contributed by atoms with van der Waals surface area (Å²) in [6.45, 7) is 1.66. The minimum absolute atomic E-state index is 0.279. The average Bonchev–Trinajstić information content (AvgIpc) is 2.27. The summed E-state index contributed by atoms with van der Waals surface area (Å²) in [6, 6.07) is 4.88. The molecule has 1 atom stereocenters. The molecule has 0 aromatic heterocycles. The van der Waals surface area contributed by atoms with Crippen molar-refractivity contribution in [1.82, 2.24) is 0 Å². The molecule has 0 radical (unpaired) electrons. The lowest BCUT2D eigenvalue weighted by Gasteiger charge is -2.10. The van der Waals surface area contributed by atoms with E-state index in [0.29, 0.717) is 12.0 Å². The molecular weight excluding hydrogens is 231 g/mol. The van der Waals surface area contributed by atoms with Gasteiger partial charge in [-0.15, -0.1) is 0 Å². The average molecular weight is 241 g/mol. The predicted octanol–water partition coefficient (Wildman–Crippen LogP) is 2.95. The molecule has 1 rings (SSSR count). The van der Waals surface area contributed by atoms with E-state index in [1.165, 1.54) is 18.2 Å². The van der Waals surface area contributed by atoms with Gasteiger partial charge >= 0.3 is 6.18 Å². The molecule has 0 aliphatic carbocycles. The van der Waals surface area contributed by atoms with Crippen LogP contribution in [0, 0.1) is 17.2 Å². The summed E-state index contributed by atoms with van der Waals surface area (Å²) < 4.78 is 37.5. The number of hydrogen-bond acceptors (Lipinski definition) is 2. The van der Waals surface area contributed by atoms with Crippen LogP contribution in [0.3, 0.4) is 0 Å². The van der Waals surface area contributed by atoms with E-state index in [2.05, 4.69) is 0 Å². The third-order valence-corrected chi connectivity index (χ3v) is 2.30. The number of aldehydes is 1.